The number of aryl methyl sites for hydroxylation is 1. The van der Waals surface area contributed by atoms with Gasteiger partial charge in [-0.2, -0.15) is 0 Å². The zero-order chi connectivity index (χ0) is 19.8. The van der Waals surface area contributed by atoms with Crippen molar-refractivity contribution in [3.8, 4) is 0 Å². The van der Waals surface area contributed by atoms with Gasteiger partial charge < -0.3 is 10.1 Å². The number of benzene rings is 2. The number of carbonyl (C=O) groups is 3. The number of hydrogen-bond acceptors (Lipinski definition) is 4. The molecule has 0 bridgehead atoms. The van der Waals surface area contributed by atoms with Crippen molar-refractivity contribution in [2.75, 3.05) is 11.9 Å². The Morgan fingerprint density at radius 2 is 1.67 bits per heavy atom. The van der Waals surface area contributed by atoms with Crippen molar-refractivity contribution in [1.29, 1.82) is 0 Å². The van der Waals surface area contributed by atoms with Crippen molar-refractivity contribution < 1.29 is 19.1 Å². The van der Waals surface area contributed by atoms with Crippen LogP contribution in [0.1, 0.15) is 35.7 Å². The number of esters is 1. The van der Waals surface area contributed by atoms with E-state index in [0.717, 1.165) is 6.42 Å². The lowest BCUT2D eigenvalue weighted by Crippen LogP contribution is -2.17. The monoisotopic (exact) mass is 407 g/mol. The summed E-state index contributed by atoms with van der Waals surface area (Å²) in [6, 6.07) is 11.9. The molecule has 7 heteroatoms. The Bertz CT molecular complexity index is 834. The molecule has 142 valence electrons. The fourth-order valence-electron chi connectivity index (χ4n) is 2.23. The number of nitrogens with one attached hydrogen (secondary N) is 1. The molecule has 0 heterocycles. The third kappa shape index (κ3) is 6.70. The zero-order valence-corrected chi connectivity index (χ0v) is 16.3. The summed E-state index contributed by atoms with van der Waals surface area (Å²) in [5.41, 5.74) is 2.13. The van der Waals surface area contributed by atoms with E-state index in [1.165, 1.54) is 23.8 Å². The number of carbonyl (C=O) groups excluding carboxylic acids is 3. The van der Waals surface area contributed by atoms with Crippen molar-refractivity contribution in [1.82, 2.24) is 0 Å². The Labute approximate surface area is 167 Å². The molecule has 0 spiro atoms. The average Bonchev–Trinajstić information content (AvgIpc) is 2.67. The molecule has 5 nitrogen and oxygen atoms in total. The van der Waals surface area contributed by atoms with Gasteiger partial charge in [-0.25, -0.2) is 0 Å². The maximum absolute atomic E-state index is 12.0. The fourth-order valence-corrected chi connectivity index (χ4v) is 2.53. The van der Waals surface area contributed by atoms with Gasteiger partial charge in [-0.3, -0.25) is 14.4 Å². The van der Waals surface area contributed by atoms with Gasteiger partial charge in [0.1, 0.15) is 0 Å². The molecule has 0 aliphatic rings. The van der Waals surface area contributed by atoms with Gasteiger partial charge >= 0.3 is 5.97 Å². The molecule has 1 N–H and O–H groups in total. The summed E-state index contributed by atoms with van der Waals surface area (Å²) in [5, 5.41) is 3.29. The van der Waals surface area contributed by atoms with Crippen LogP contribution in [0.2, 0.25) is 10.0 Å². The fraction of sp³-hybridized carbons (Fsp3) is 0.250. The third-order valence-corrected chi connectivity index (χ3v) is 4.55. The second-order valence-electron chi connectivity index (χ2n) is 5.81. The van der Waals surface area contributed by atoms with Crippen molar-refractivity contribution in [2.24, 2.45) is 0 Å². The van der Waals surface area contributed by atoms with Gasteiger partial charge in [0.15, 0.2) is 12.4 Å². The van der Waals surface area contributed by atoms with Crippen LogP contribution in [0.3, 0.4) is 0 Å². The lowest BCUT2D eigenvalue weighted by atomic mass is 10.1. The van der Waals surface area contributed by atoms with Crippen molar-refractivity contribution in [3.05, 3.63) is 63.6 Å². The molecule has 2 aromatic rings. The molecule has 2 aromatic carbocycles. The molecule has 0 aliphatic carbocycles. The highest BCUT2D eigenvalue weighted by Crippen LogP contribution is 2.22. The number of ketones is 1. The number of hydrogen-bond donors (Lipinski definition) is 1. The van der Waals surface area contributed by atoms with E-state index in [9.17, 15) is 14.4 Å². The quantitative estimate of drug-likeness (QED) is 0.508. The molecule has 0 radical (unpaired) electrons. The molecule has 2 rings (SSSR count). The Morgan fingerprint density at radius 1 is 0.963 bits per heavy atom. The van der Waals surface area contributed by atoms with Crippen molar-refractivity contribution in [2.45, 2.75) is 26.2 Å². The number of ether oxygens (including phenoxy) is 1. The molecule has 0 aliphatic heterocycles. The normalized spacial score (nSPS) is 10.3. The predicted molar refractivity (Wildman–Crippen MR) is 105 cm³/mol. The molecule has 0 unspecified atom stereocenters. The van der Waals surface area contributed by atoms with Crippen molar-refractivity contribution >= 4 is 46.5 Å². The highest BCUT2D eigenvalue weighted by molar-refractivity contribution is 6.42. The van der Waals surface area contributed by atoms with Crippen LogP contribution in [0.5, 0.6) is 0 Å². The summed E-state index contributed by atoms with van der Waals surface area (Å²) in [5.74, 6) is -1.32. The maximum Gasteiger partial charge on any atom is 0.306 e. The van der Waals surface area contributed by atoms with Crippen LogP contribution in [0, 0.1) is 0 Å². The standard InChI is InChI=1S/C20H19Cl2NO4/c1-2-13-3-6-15(7-4-13)23-19(25)9-10-20(26)27-12-18(24)14-5-8-16(21)17(22)11-14/h3-8,11H,2,9-10,12H2,1H3,(H,23,25). The molecule has 27 heavy (non-hydrogen) atoms. The number of halogens is 2. The van der Waals surface area contributed by atoms with E-state index in [2.05, 4.69) is 5.32 Å². The first kappa shape index (κ1) is 20.9. The van der Waals surface area contributed by atoms with E-state index in [1.54, 1.807) is 0 Å². The number of amides is 1. The number of anilines is 1. The SMILES string of the molecule is CCc1ccc(NC(=O)CCC(=O)OCC(=O)c2ccc(Cl)c(Cl)c2)cc1. The Kier molecular flexibility index (Phi) is 7.82. The minimum atomic E-state index is -0.625. The highest BCUT2D eigenvalue weighted by Gasteiger charge is 2.13. The Hall–Kier alpha value is -2.37. The average molecular weight is 408 g/mol. The largest absolute Gasteiger partial charge is 0.457 e. The summed E-state index contributed by atoms with van der Waals surface area (Å²) in [6.45, 7) is 1.63. The number of rotatable bonds is 8. The summed E-state index contributed by atoms with van der Waals surface area (Å²) in [4.78, 5) is 35.6. The molecular weight excluding hydrogens is 389 g/mol. The van der Waals surface area contributed by atoms with Gasteiger partial charge in [0.05, 0.1) is 16.5 Å². The van der Waals surface area contributed by atoms with Gasteiger partial charge in [0.25, 0.3) is 0 Å². The summed E-state index contributed by atoms with van der Waals surface area (Å²) >= 11 is 11.6. The van der Waals surface area contributed by atoms with E-state index < -0.39 is 18.4 Å². The molecular formula is C20H19Cl2NO4. The molecule has 1 amide bonds. The highest BCUT2D eigenvalue weighted by atomic mass is 35.5. The van der Waals surface area contributed by atoms with Crippen LogP contribution < -0.4 is 5.32 Å². The molecule has 0 atom stereocenters. The number of Topliss-reactive ketones (excluding diaryl/α,β-unsaturated/α-hetero) is 1. The molecule has 0 saturated carbocycles. The van der Waals surface area contributed by atoms with Gasteiger partial charge in [0.2, 0.25) is 5.91 Å². The third-order valence-electron chi connectivity index (χ3n) is 3.81. The maximum atomic E-state index is 12.0. The Balaban J connectivity index is 1.74. The molecule has 0 saturated heterocycles. The van der Waals surface area contributed by atoms with E-state index in [4.69, 9.17) is 27.9 Å². The Morgan fingerprint density at radius 3 is 2.30 bits per heavy atom. The van der Waals surface area contributed by atoms with Crippen molar-refractivity contribution in [3.63, 3.8) is 0 Å². The topological polar surface area (TPSA) is 72.5 Å². The van der Waals surface area contributed by atoms with Crippen LogP contribution in [0.15, 0.2) is 42.5 Å². The second kappa shape index (κ2) is 10.1. The first-order valence-electron chi connectivity index (χ1n) is 8.41. The van der Waals surface area contributed by atoms with Crippen LogP contribution >= 0.6 is 23.2 Å². The van der Waals surface area contributed by atoms with Gasteiger partial charge in [-0.05, 0) is 42.3 Å². The lowest BCUT2D eigenvalue weighted by molar-refractivity contribution is -0.143. The minimum Gasteiger partial charge on any atom is -0.457 e. The van der Waals surface area contributed by atoms with Crippen LogP contribution in [0.25, 0.3) is 0 Å². The first-order valence-corrected chi connectivity index (χ1v) is 9.17. The second-order valence-corrected chi connectivity index (χ2v) is 6.63. The smallest absolute Gasteiger partial charge is 0.306 e. The lowest BCUT2D eigenvalue weighted by Gasteiger charge is -2.07. The predicted octanol–water partition coefficient (Wildman–Crippen LogP) is 4.70. The first-order chi connectivity index (χ1) is 12.9. The van der Waals surface area contributed by atoms with E-state index in [0.29, 0.717) is 16.3 Å². The van der Waals surface area contributed by atoms with Gasteiger partial charge in [-0.15, -0.1) is 0 Å². The van der Waals surface area contributed by atoms with Gasteiger partial charge in [-0.1, -0.05) is 42.3 Å². The van der Waals surface area contributed by atoms with Gasteiger partial charge in [0, 0.05) is 17.7 Å². The molecule has 0 aromatic heterocycles. The summed E-state index contributed by atoms with van der Waals surface area (Å²) in [7, 11) is 0. The molecule has 0 fully saturated rings. The van der Waals surface area contributed by atoms with Crippen LogP contribution in [-0.2, 0) is 20.7 Å². The van der Waals surface area contributed by atoms with E-state index >= 15 is 0 Å². The van der Waals surface area contributed by atoms with Crippen LogP contribution in [0.4, 0.5) is 5.69 Å². The zero-order valence-electron chi connectivity index (χ0n) is 14.8. The summed E-state index contributed by atoms with van der Waals surface area (Å²) < 4.78 is 4.91. The van der Waals surface area contributed by atoms with Crippen LogP contribution in [-0.4, -0.2) is 24.3 Å². The van der Waals surface area contributed by atoms with E-state index in [1.807, 2.05) is 31.2 Å². The van der Waals surface area contributed by atoms with E-state index in [-0.39, 0.29) is 23.8 Å². The summed E-state index contributed by atoms with van der Waals surface area (Å²) in [6.07, 6.45) is 0.768. The minimum absolute atomic E-state index is 0.0324.